The molecule has 5 heteroatoms. The van der Waals surface area contributed by atoms with Crippen molar-refractivity contribution in [3.63, 3.8) is 0 Å². The van der Waals surface area contributed by atoms with Crippen LogP contribution < -0.4 is 11.1 Å². The highest BCUT2D eigenvalue weighted by Gasteiger charge is 2.14. The first-order chi connectivity index (χ1) is 8.42. The Hall–Kier alpha value is -1.20. The van der Waals surface area contributed by atoms with E-state index < -0.39 is 0 Å². The minimum absolute atomic E-state index is 0.572. The molecule has 3 N–H and O–H groups in total. The lowest BCUT2D eigenvalue weighted by atomic mass is 9.96. The summed E-state index contributed by atoms with van der Waals surface area (Å²) in [5.41, 5.74) is 7.84. The van der Waals surface area contributed by atoms with Crippen molar-refractivity contribution in [3.05, 3.63) is 17.6 Å². The molecule has 1 aromatic heterocycles. The smallest absolute Gasteiger partial charge is 0.132 e. The van der Waals surface area contributed by atoms with Crippen LogP contribution in [0.1, 0.15) is 24.1 Å². The van der Waals surface area contributed by atoms with E-state index >= 15 is 0 Å². The van der Waals surface area contributed by atoms with Crippen molar-refractivity contribution < 1.29 is 4.74 Å². The first-order valence-electron chi connectivity index (χ1n) is 6.26. The normalized spacial score (nSPS) is 14.4. The SMILES string of the molecule is NCCOCCNc1ncnc2c1CCCC2. The molecule has 94 valence electrons. The summed E-state index contributed by atoms with van der Waals surface area (Å²) in [6.07, 6.45) is 6.29. The number of hydrogen-bond donors (Lipinski definition) is 2. The minimum Gasteiger partial charge on any atom is -0.378 e. The van der Waals surface area contributed by atoms with Crippen LogP contribution >= 0.6 is 0 Å². The largest absolute Gasteiger partial charge is 0.378 e. The molecule has 0 unspecified atom stereocenters. The number of aromatic nitrogens is 2. The van der Waals surface area contributed by atoms with Gasteiger partial charge in [-0.2, -0.15) is 0 Å². The Morgan fingerprint density at radius 3 is 3.00 bits per heavy atom. The maximum atomic E-state index is 5.35. The molecule has 0 aliphatic heterocycles. The number of rotatable bonds is 6. The molecule has 0 saturated heterocycles. The standard InChI is InChI=1S/C12H20N4O/c13-5-7-17-8-6-14-12-10-3-1-2-4-11(10)15-9-16-12/h9H,1-8,13H2,(H,14,15,16). The summed E-state index contributed by atoms with van der Waals surface area (Å²) in [6, 6.07) is 0. The lowest BCUT2D eigenvalue weighted by Crippen LogP contribution is -2.17. The van der Waals surface area contributed by atoms with Gasteiger partial charge in [0.2, 0.25) is 0 Å². The van der Waals surface area contributed by atoms with Gasteiger partial charge in [0.1, 0.15) is 12.1 Å². The van der Waals surface area contributed by atoms with Crippen LogP contribution in [-0.2, 0) is 17.6 Å². The number of nitrogens with two attached hydrogens (primary N) is 1. The number of nitrogens with zero attached hydrogens (tertiary/aromatic N) is 2. The van der Waals surface area contributed by atoms with Crippen LogP contribution in [0.2, 0.25) is 0 Å². The summed E-state index contributed by atoms with van der Waals surface area (Å²) in [5, 5.41) is 3.31. The van der Waals surface area contributed by atoms with Crippen molar-refractivity contribution in [1.82, 2.24) is 9.97 Å². The minimum atomic E-state index is 0.572. The maximum absolute atomic E-state index is 5.35. The molecule has 0 radical (unpaired) electrons. The Labute approximate surface area is 102 Å². The van der Waals surface area contributed by atoms with Crippen LogP contribution in [0.5, 0.6) is 0 Å². The number of fused-ring (bicyclic) bond motifs is 1. The van der Waals surface area contributed by atoms with Crippen molar-refractivity contribution in [2.45, 2.75) is 25.7 Å². The van der Waals surface area contributed by atoms with Crippen LogP contribution in [0.4, 0.5) is 5.82 Å². The molecule has 1 aliphatic rings. The van der Waals surface area contributed by atoms with E-state index in [-0.39, 0.29) is 0 Å². The van der Waals surface area contributed by atoms with E-state index in [0.717, 1.165) is 25.2 Å². The summed E-state index contributed by atoms with van der Waals surface area (Å²) in [4.78, 5) is 8.65. The summed E-state index contributed by atoms with van der Waals surface area (Å²) in [7, 11) is 0. The predicted molar refractivity (Wildman–Crippen MR) is 67.0 cm³/mol. The van der Waals surface area contributed by atoms with Gasteiger partial charge in [0.25, 0.3) is 0 Å². The number of ether oxygens (including phenoxy) is 1. The van der Waals surface area contributed by atoms with Gasteiger partial charge in [-0.05, 0) is 25.7 Å². The number of aryl methyl sites for hydroxylation is 1. The Balaban J connectivity index is 1.87. The molecule has 5 nitrogen and oxygen atoms in total. The van der Waals surface area contributed by atoms with Gasteiger partial charge in [-0.25, -0.2) is 9.97 Å². The zero-order valence-corrected chi connectivity index (χ0v) is 10.1. The fourth-order valence-corrected chi connectivity index (χ4v) is 2.10. The summed E-state index contributed by atoms with van der Waals surface area (Å²) in [6.45, 7) is 2.62. The van der Waals surface area contributed by atoms with Gasteiger partial charge >= 0.3 is 0 Å². The molecule has 1 aliphatic carbocycles. The first kappa shape index (κ1) is 12.3. The fraction of sp³-hybridized carbons (Fsp3) is 0.667. The Bertz CT molecular complexity index is 356. The molecule has 17 heavy (non-hydrogen) atoms. The Morgan fingerprint density at radius 2 is 2.12 bits per heavy atom. The van der Waals surface area contributed by atoms with Gasteiger partial charge in [-0.1, -0.05) is 0 Å². The average Bonchev–Trinajstić information content (AvgIpc) is 2.39. The molecular weight excluding hydrogens is 216 g/mol. The topological polar surface area (TPSA) is 73.1 Å². The molecule has 0 spiro atoms. The zero-order valence-electron chi connectivity index (χ0n) is 10.1. The Kier molecular flexibility index (Phi) is 4.70. The fourth-order valence-electron chi connectivity index (χ4n) is 2.10. The van der Waals surface area contributed by atoms with E-state index in [4.69, 9.17) is 10.5 Å². The second kappa shape index (κ2) is 6.51. The third-order valence-electron chi connectivity index (χ3n) is 2.93. The zero-order chi connectivity index (χ0) is 11.9. The van der Waals surface area contributed by atoms with E-state index in [1.807, 2.05) is 0 Å². The summed E-state index contributed by atoms with van der Waals surface area (Å²) >= 11 is 0. The molecule has 0 atom stereocenters. The summed E-state index contributed by atoms with van der Waals surface area (Å²) in [5.74, 6) is 0.978. The maximum Gasteiger partial charge on any atom is 0.132 e. The molecule has 1 heterocycles. The highest BCUT2D eigenvalue weighted by molar-refractivity contribution is 5.46. The van der Waals surface area contributed by atoms with Gasteiger partial charge < -0.3 is 15.8 Å². The number of nitrogens with one attached hydrogen (secondary N) is 1. The van der Waals surface area contributed by atoms with E-state index in [2.05, 4.69) is 15.3 Å². The van der Waals surface area contributed by atoms with Crippen LogP contribution in [-0.4, -0.2) is 36.3 Å². The third kappa shape index (κ3) is 3.38. The highest BCUT2D eigenvalue weighted by Crippen LogP contribution is 2.23. The van der Waals surface area contributed by atoms with E-state index in [1.54, 1.807) is 6.33 Å². The number of hydrogen-bond acceptors (Lipinski definition) is 5. The van der Waals surface area contributed by atoms with E-state index in [1.165, 1.54) is 24.1 Å². The molecule has 1 aromatic rings. The van der Waals surface area contributed by atoms with Crippen molar-refractivity contribution >= 4 is 5.82 Å². The monoisotopic (exact) mass is 236 g/mol. The molecule has 0 aromatic carbocycles. The van der Waals surface area contributed by atoms with Crippen LogP contribution in [0.15, 0.2) is 6.33 Å². The third-order valence-corrected chi connectivity index (χ3v) is 2.93. The second-order valence-electron chi connectivity index (χ2n) is 4.18. The highest BCUT2D eigenvalue weighted by atomic mass is 16.5. The van der Waals surface area contributed by atoms with E-state index in [9.17, 15) is 0 Å². The van der Waals surface area contributed by atoms with Gasteiger partial charge in [0.15, 0.2) is 0 Å². The van der Waals surface area contributed by atoms with Gasteiger partial charge in [0, 0.05) is 24.3 Å². The van der Waals surface area contributed by atoms with Crippen LogP contribution in [0.25, 0.3) is 0 Å². The molecule has 0 saturated carbocycles. The predicted octanol–water partition coefficient (Wildman–Crippen LogP) is 0.743. The molecule has 0 bridgehead atoms. The summed E-state index contributed by atoms with van der Waals surface area (Å²) < 4.78 is 5.32. The van der Waals surface area contributed by atoms with Crippen LogP contribution in [0.3, 0.4) is 0 Å². The van der Waals surface area contributed by atoms with Crippen LogP contribution in [0, 0.1) is 0 Å². The van der Waals surface area contributed by atoms with Gasteiger partial charge in [-0.15, -0.1) is 0 Å². The molecule has 0 fully saturated rings. The molecular formula is C12H20N4O. The van der Waals surface area contributed by atoms with Crippen molar-refractivity contribution in [3.8, 4) is 0 Å². The van der Waals surface area contributed by atoms with Gasteiger partial charge in [0.05, 0.1) is 13.2 Å². The molecule has 0 amide bonds. The first-order valence-corrected chi connectivity index (χ1v) is 6.26. The average molecular weight is 236 g/mol. The van der Waals surface area contributed by atoms with E-state index in [0.29, 0.717) is 19.8 Å². The van der Waals surface area contributed by atoms with Crippen molar-refractivity contribution in [1.29, 1.82) is 0 Å². The quantitative estimate of drug-likeness (QED) is 0.713. The number of anilines is 1. The Morgan fingerprint density at radius 1 is 1.24 bits per heavy atom. The lowest BCUT2D eigenvalue weighted by molar-refractivity contribution is 0.151. The second-order valence-corrected chi connectivity index (χ2v) is 4.18. The lowest BCUT2D eigenvalue weighted by Gasteiger charge is -2.17. The molecule has 2 rings (SSSR count). The van der Waals surface area contributed by atoms with Crippen molar-refractivity contribution in [2.75, 3.05) is 31.6 Å². The van der Waals surface area contributed by atoms with Crippen molar-refractivity contribution in [2.24, 2.45) is 5.73 Å². The van der Waals surface area contributed by atoms with Gasteiger partial charge in [-0.3, -0.25) is 0 Å².